The van der Waals surface area contributed by atoms with Gasteiger partial charge in [-0.25, -0.2) is 13.1 Å². The molecule has 3 saturated carbocycles. The van der Waals surface area contributed by atoms with Crippen molar-refractivity contribution in [1.82, 2.24) is 9.29 Å². The minimum absolute atomic E-state index is 0.162. The molecule has 1 N–H and O–H groups in total. The zero-order valence-electron chi connectivity index (χ0n) is 12.5. The van der Waals surface area contributed by atoms with Gasteiger partial charge in [-0.3, -0.25) is 9.59 Å². The molecule has 120 valence electrons. The van der Waals surface area contributed by atoms with Crippen molar-refractivity contribution in [3.63, 3.8) is 0 Å². The lowest BCUT2D eigenvalue weighted by Gasteiger charge is -2.41. The second kappa shape index (κ2) is 5.53. The molecule has 1 aromatic heterocycles. The molecule has 0 spiro atoms. The summed E-state index contributed by atoms with van der Waals surface area (Å²) < 4.78 is 28.5. The molecule has 2 bridgehead atoms. The van der Waals surface area contributed by atoms with Gasteiger partial charge in [0, 0.05) is 19.3 Å². The first-order chi connectivity index (χ1) is 10.4. The van der Waals surface area contributed by atoms with Crippen LogP contribution < -0.4 is 10.3 Å². The smallest absolute Gasteiger partial charge is 0.266 e. The van der Waals surface area contributed by atoms with Gasteiger partial charge in [0.1, 0.15) is 0 Å². The topological polar surface area (TPSA) is 85.2 Å². The number of aryl methyl sites for hydroxylation is 1. The molecule has 1 atom stereocenters. The van der Waals surface area contributed by atoms with Gasteiger partial charge in [-0.15, -0.1) is 0 Å². The maximum Gasteiger partial charge on any atom is 0.266 e. The van der Waals surface area contributed by atoms with E-state index in [4.69, 9.17) is 0 Å². The zero-order valence-corrected chi connectivity index (χ0v) is 13.3. The largest absolute Gasteiger partial charge is 0.318 e. The Kier molecular flexibility index (Phi) is 3.84. The summed E-state index contributed by atoms with van der Waals surface area (Å²) in [5, 5.41) is -0.462. The summed E-state index contributed by atoms with van der Waals surface area (Å²) in [7, 11) is -2.15. The van der Waals surface area contributed by atoms with Crippen molar-refractivity contribution in [3.8, 4) is 0 Å². The van der Waals surface area contributed by atoms with Crippen molar-refractivity contribution in [2.24, 2.45) is 18.9 Å². The van der Waals surface area contributed by atoms with Crippen molar-refractivity contribution in [3.05, 3.63) is 34.2 Å². The number of pyridine rings is 1. The summed E-state index contributed by atoms with van der Waals surface area (Å²) in [5.74, 6) is -0.0355. The van der Waals surface area contributed by atoms with E-state index in [-0.39, 0.29) is 17.0 Å². The van der Waals surface area contributed by atoms with Crippen molar-refractivity contribution in [1.29, 1.82) is 0 Å². The van der Waals surface area contributed by atoms with Gasteiger partial charge in [0.25, 0.3) is 5.91 Å². The van der Waals surface area contributed by atoms with Crippen LogP contribution in [0.2, 0.25) is 0 Å². The van der Waals surface area contributed by atoms with Crippen LogP contribution in [0.4, 0.5) is 0 Å². The van der Waals surface area contributed by atoms with Crippen LogP contribution in [0, 0.1) is 11.8 Å². The van der Waals surface area contributed by atoms with Gasteiger partial charge in [-0.2, -0.15) is 0 Å². The molecule has 0 aromatic carbocycles. The van der Waals surface area contributed by atoms with Crippen LogP contribution in [-0.4, -0.2) is 24.1 Å². The third kappa shape index (κ3) is 2.82. The maximum atomic E-state index is 12.5. The monoisotopic (exact) mass is 324 g/mol. The highest BCUT2D eigenvalue weighted by molar-refractivity contribution is 7.90. The Morgan fingerprint density at radius 1 is 1.23 bits per heavy atom. The number of hydrogen-bond donors (Lipinski definition) is 1. The second-order valence-electron chi connectivity index (χ2n) is 6.40. The van der Waals surface area contributed by atoms with Crippen LogP contribution in [0.15, 0.2) is 23.1 Å². The van der Waals surface area contributed by atoms with Crippen molar-refractivity contribution >= 4 is 15.9 Å². The Hall–Kier alpha value is -1.63. The number of nitrogens with one attached hydrogen (secondary N) is 1. The van der Waals surface area contributed by atoms with Gasteiger partial charge in [0.2, 0.25) is 15.6 Å². The van der Waals surface area contributed by atoms with Crippen LogP contribution >= 0.6 is 0 Å². The lowest BCUT2D eigenvalue weighted by Crippen LogP contribution is -2.47. The highest BCUT2D eigenvalue weighted by Gasteiger charge is 2.43. The fourth-order valence-corrected chi connectivity index (χ4v) is 5.52. The summed E-state index contributed by atoms with van der Waals surface area (Å²) in [4.78, 5) is 23.5. The average Bonchev–Trinajstić information content (AvgIpc) is 2.50. The van der Waals surface area contributed by atoms with E-state index in [1.54, 1.807) is 0 Å². The molecule has 0 radical (unpaired) electrons. The van der Waals surface area contributed by atoms with Gasteiger partial charge in [-0.1, -0.05) is 12.8 Å². The minimum atomic E-state index is -3.67. The minimum Gasteiger partial charge on any atom is -0.318 e. The SMILES string of the molecule is Cn1cc(C(=O)NS(=O)(=O)C2CC3CCC2CC3)ccc1=O. The molecule has 0 aliphatic heterocycles. The van der Waals surface area contributed by atoms with Crippen molar-refractivity contribution < 1.29 is 13.2 Å². The number of carbonyl (C=O) groups is 1. The number of rotatable bonds is 3. The Balaban J connectivity index is 1.77. The molecular formula is C15H20N2O4S. The first kappa shape index (κ1) is 15.3. The van der Waals surface area contributed by atoms with Gasteiger partial charge in [0.05, 0.1) is 10.8 Å². The molecule has 3 aliphatic carbocycles. The average molecular weight is 324 g/mol. The molecular weight excluding hydrogens is 304 g/mol. The normalized spacial score (nSPS) is 27.6. The molecule has 1 heterocycles. The molecule has 22 heavy (non-hydrogen) atoms. The zero-order chi connectivity index (χ0) is 15.9. The van der Waals surface area contributed by atoms with E-state index in [9.17, 15) is 18.0 Å². The quantitative estimate of drug-likeness (QED) is 0.899. The Morgan fingerprint density at radius 3 is 2.45 bits per heavy atom. The Labute approximate surface area is 129 Å². The highest BCUT2D eigenvalue weighted by atomic mass is 32.2. The molecule has 1 amide bonds. The van der Waals surface area contributed by atoms with Crippen LogP contribution in [0.1, 0.15) is 42.5 Å². The van der Waals surface area contributed by atoms with E-state index in [1.807, 2.05) is 0 Å². The highest BCUT2D eigenvalue weighted by Crippen LogP contribution is 2.43. The van der Waals surface area contributed by atoms with Crippen LogP contribution in [-0.2, 0) is 17.1 Å². The van der Waals surface area contributed by atoms with E-state index in [2.05, 4.69) is 4.72 Å². The second-order valence-corrected chi connectivity index (χ2v) is 8.30. The molecule has 7 heteroatoms. The van der Waals surface area contributed by atoms with E-state index in [1.165, 1.54) is 29.9 Å². The lowest BCUT2D eigenvalue weighted by atomic mass is 9.70. The fraction of sp³-hybridized carbons (Fsp3) is 0.600. The number of sulfonamides is 1. The lowest BCUT2D eigenvalue weighted by molar-refractivity contribution is 0.0978. The third-order valence-electron chi connectivity index (χ3n) is 4.96. The number of hydrogen-bond acceptors (Lipinski definition) is 4. The molecule has 1 unspecified atom stereocenters. The molecule has 3 aliphatic rings. The Morgan fingerprint density at radius 2 is 1.91 bits per heavy atom. The molecule has 3 fully saturated rings. The van der Waals surface area contributed by atoms with Crippen molar-refractivity contribution in [2.45, 2.75) is 37.4 Å². The predicted molar refractivity (Wildman–Crippen MR) is 81.9 cm³/mol. The summed E-state index contributed by atoms with van der Waals surface area (Å²) in [5.41, 5.74) is -0.0735. The first-order valence-corrected chi connectivity index (χ1v) is 9.14. The summed E-state index contributed by atoms with van der Waals surface area (Å²) >= 11 is 0. The molecule has 6 nitrogen and oxygen atoms in total. The molecule has 1 aromatic rings. The summed E-state index contributed by atoms with van der Waals surface area (Å²) in [6, 6.07) is 2.60. The van der Waals surface area contributed by atoms with Crippen LogP contribution in [0.3, 0.4) is 0 Å². The van der Waals surface area contributed by atoms with E-state index < -0.39 is 21.2 Å². The van der Waals surface area contributed by atoms with Gasteiger partial charge >= 0.3 is 0 Å². The third-order valence-corrected chi connectivity index (χ3v) is 6.81. The fourth-order valence-electron chi connectivity index (χ4n) is 3.69. The van der Waals surface area contributed by atoms with Gasteiger partial charge in [0.15, 0.2) is 0 Å². The molecule has 0 saturated heterocycles. The number of nitrogens with zero attached hydrogens (tertiary/aromatic N) is 1. The Bertz CT molecular complexity index is 745. The summed E-state index contributed by atoms with van der Waals surface area (Å²) in [6.45, 7) is 0. The number of amides is 1. The van der Waals surface area contributed by atoms with E-state index in [0.717, 1.165) is 25.7 Å². The maximum absolute atomic E-state index is 12.5. The van der Waals surface area contributed by atoms with Crippen molar-refractivity contribution in [2.75, 3.05) is 0 Å². The summed E-state index contributed by atoms with van der Waals surface area (Å²) in [6.07, 6.45) is 6.08. The predicted octanol–water partition coefficient (Wildman–Crippen LogP) is 1.02. The first-order valence-electron chi connectivity index (χ1n) is 7.59. The van der Waals surface area contributed by atoms with Gasteiger partial charge in [-0.05, 0) is 37.2 Å². The standard InChI is InChI=1S/C15H20N2O4S/c1-17-9-12(6-7-14(17)18)15(19)16-22(20,21)13-8-10-2-4-11(13)5-3-10/h6-7,9-11,13H,2-5,8H2,1H3,(H,16,19). The number of fused-ring (bicyclic) bond motifs is 3. The van der Waals surface area contributed by atoms with E-state index in [0.29, 0.717) is 12.3 Å². The van der Waals surface area contributed by atoms with Gasteiger partial charge < -0.3 is 4.57 Å². The number of carbonyl (C=O) groups excluding carboxylic acids is 1. The van der Waals surface area contributed by atoms with E-state index >= 15 is 0 Å². The number of aromatic nitrogens is 1. The van der Waals surface area contributed by atoms with Crippen LogP contribution in [0.25, 0.3) is 0 Å². The van der Waals surface area contributed by atoms with Crippen LogP contribution in [0.5, 0.6) is 0 Å². The molecule has 4 rings (SSSR count).